The maximum absolute atomic E-state index is 10.0. The van der Waals surface area contributed by atoms with Crippen molar-refractivity contribution in [2.75, 3.05) is 20.1 Å². The van der Waals surface area contributed by atoms with Gasteiger partial charge in [-0.15, -0.1) is 0 Å². The lowest BCUT2D eigenvalue weighted by atomic mass is 9.54. The predicted octanol–water partition coefficient (Wildman–Crippen LogP) is 1.84. The molecule has 0 aromatic heterocycles. The number of fused-ring (bicyclic) bond motifs is 1. The zero-order valence-electron chi connectivity index (χ0n) is 16.4. The van der Waals surface area contributed by atoms with Crippen LogP contribution in [0, 0.1) is 56.7 Å². The van der Waals surface area contributed by atoms with Crippen molar-refractivity contribution >= 4 is 5.71 Å². The minimum Gasteiger partial charge on any atom is -0.491 e. The summed E-state index contributed by atoms with van der Waals surface area (Å²) in [4.78, 5) is 1.26. The Bertz CT molecular complexity index is 912. The van der Waals surface area contributed by atoms with Crippen LogP contribution in [0.5, 0.6) is 5.75 Å². The summed E-state index contributed by atoms with van der Waals surface area (Å²) in [5.74, 6) is -0.712. The van der Waals surface area contributed by atoms with Crippen LogP contribution in [0.3, 0.4) is 0 Å². The molecule has 2 N–H and O–H groups in total. The summed E-state index contributed by atoms with van der Waals surface area (Å²) in [7, 11) is 2.06. The highest BCUT2D eigenvalue weighted by atomic mass is 16.5. The SMILES string of the molecule is CC(C)Oc1ccc([C@@H]2[C@H]3C[NH+](C)CC=C3[C@@H](C#N)C(=N)C2(C#N)C#N)cc1. The Morgan fingerprint density at radius 2 is 1.82 bits per heavy atom. The van der Waals surface area contributed by atoms with E-state index in [4.69, 9.17) is 10.1 Å². The van der Waals surface area contributed by atoms with Crippen LogP contribution in [0.25, 0.3) is 0 Å². The molecule has 1 aliphatic heterocycles. The molecule has 1 aliphatic carbocycles. The Morgan fingerprint density at radius 3 is 2.36 bits per heavy atom. The molecule has 1 fully saturated rings. The summed E-state index contributed by atoms with van der Waals surface area (Å²) in [5.41, 5.74) is -0.0484. The van der Waals surface area contributed by atoms with E-state index < -0.39 is 17.3 Å². The number of quaternary nitrogens is 1. The molecule has 0 spiro atoms. The number of hydrogen-bond donors (Lipinski definition) is 2. The molecular formula is C22H24N5O+. The first kappa shape index (κ1) is 19.6. The van der Waals surface area contributed by atoms with Crippen molar-refractivity contribution in [2.24, 2.45) is 17.3 Å². The predicted molar refractivity (Wildman–Crippen MR) is 104 cm³/mol. The molecule has 6 nitrogen and oxygen atoms in total. The molecule has 0 saturated heterocycles. The first-order valence-electron chi connectivity index (χ1n) is 9.46. The smallest absolute Gasteiger partial charge is 0.189 e. The average Bonchev–Trinajstić information content (AvgIpc) is 2.68. The van der Waals surface area contributed by atoms with Crippen molar-refractivity contribution < 1.29 is 9.64 Å². The van der Waals surface area contributed by atoms with Gasteiger partial charge in [-0.2, -0.15) is 15.8 Å². The molecule has 4 atom stereocenters. The third-order valence-electron chi connectivity index (χ3n) is 5.69. The average molecular weight is 374 g/mol. The molecule has 3 rings (SSSR count). The molecule has 2 aliphatic rings. The van der Waals surface area contributed by atoms with Gasteiger partial charge in [0.05, 0.1) is 50.2 Å². The van der Waals surface area contributed by atoms with Crippen molar-refractivity contribution in [1.29, 1.82) is 21.2 Å². The van der Waals surface area contributed by atoms with Crippen molar-refractivity contribution in [3.8, 4) is 24.0 Å². The van der Waals surface area contributed by atoms with Crippen LogP contribution in [-0.2, 0) is 0 Å². The number of nitriles is 3. The first-order valence-corrected chi connectivity index (χ1v) is 9.46. The molecule has 1 heterocycles. The molecule has 0 amide bonds. The lowest BCUT2D eigenvalue weighted by Gasteiger charge is -2.46. The Labute approximate surface area is 165 Å². The minimum atomic E-state index is -1.65. The van der Waals surface area contributed by atoms with E-state index in [0.29, 0.717) is 0 Å². The van der Waals surface area contributed by atoms with Gasteiger partial charge in [0.1, 0.15) is 11.7 Å². The van der Waals surface area contributed by atoms with Crippen LogP contribution in [0.4, 0.5) is 0 Å². The minimum absolute atomic E-state index is 0.0486. The van der Waals surface area contributed by atoms with Gasteiger partial charge in [-0.05, 0) is 43.2 Å². The van der Waals surface area contributed by atoms with E-state index in [1.54, 1.807) is 0 Å². The Morgan fingerprint density at radius 1 is 1.18 bits per heavy atom. The van der Waals surface area contributed by atoms with E-state index in [1.807, 2.05) is 44.2 Å². The third-order valence-corrected chi connectivity index (χ3v) is 5.69. The van der Waals surface area contributed by atoms with E-state index in [2.05, 4.69) is 25.3 Å². The molecule has 0 bridgehead atoms. The van der Waals surface area contributed by atoms with Crippen LogP contribution >= 0.6 is 0 Å². The van der Waals surface area contributed by atoms with Gasteiger partial charge in [0, 0.05) is 11.8 Å². The monoisotopic (exact) mass is 374 g/mol. The standard InChI is InChI=1S/C22H23N5O/c1-14(2)28-16-6-4-15(5-7-16)20-19-11-27(3)9-8-17(19)18(10-23)21(26)22(20,12-24)13-25/h4-8,14,18-20,26H,9,11H2,1-3H3/p+1/t18-,19+,20-/m1/s1. The highest BCUT2D eigenvalue weighted by Gasteiger charge is 2.58. The number of nitrogens with zero attached hydrogens (tertiary/aromatic N) is 3. The zero-order chi connectivity index (χ0) is 20.5. The molecule has 1 unspecified atom stereocenters. The van der Waals surface area contributed by atoms with Gasteiger partial charge in [0.25, 0.3) is 0 Å². The highest BCUT2D eigenvalue weighted by Crippen LogP contribution is 2.52. The van der Waals surface area contributed by atoms with Crippen molar-refractivity contribution in [2.45, 2.75) is 25.9 Å². The largest absolute Gasteiger partial charge is 0.491 e. The number of hydrogen-bond acceptors (Lipinski definition) is 5. The van der Waals surface area contributed by atoms with Gasteiger partial charge >= 0.3 is 0 Å². The van der Waals surface area contributed by atoms with Gasteiger partial charge in [-0.1, -0.05) is 12.1 Å². The first-order chi connectivity index (χ1) is 13.4. The summed E-state index contributed by atoms with van der Waals surface area (Å²) in [5, 5.41) is 38.3. The lowest BCUT2D eigenvalue weighted by Crippen LogP contribution is -3.10. The molecule has 1 aromatic rings. The van der Waals surface area contributed by atoms with Crippen LogP contribution in [0.2, 0.25) is 0 Å². The Balaban J connectivity index is 2.15. The van der Waals surface area contributed by atoms with Gasteiger partial charge < -0.3 is 15.0 Å². The van der Waals surface area contributed by atoms with E-state index in [0.717, 1.165) is 30.0 Å². The fourth-order valence-electron chi connectivity index (χ4n) is 4.46. The van der Waals surface area contributed by atoms with E-state index in [-0.39, 0.29) is 17.7 Å². The van der Waals surface area contributed by atoms with E-state index in [9.17, 15) is 15.8 Å². The quantitative estimate of drug-likeness (QED) is 0.787. The topological polar surface area (TPSA) is 109 Å². The van der Waals surface area contributed by atoms with Gasteiger partial charge in [0.2, 0.25) is 0 Å². The molecule has 142 valence electrons. The molecule has 0 radical (unpaired) electrons. The third kappa shape index (κ3) is 3.05. The normalized spacial score (nSPS) is 28.3. The van der Waals surface area contributed by atoms with Crippen LogP contribution in [0.15, 0.2) is 35.9 Å². The number of likely N-dealkylation sites (N-methyl/N-ethyl adjacent to an activating group) is 1. The number of benzene rings is 1. The summed E-state index contributed by atoms with van der Waals surface area (Å²) < 4.78 is 5.71. The van der Waals surface area contributed by atoms with Gasteiger partial charge in [-0.3, -0.25) is 0 Å². The number of ether oxygens (including phenoxy) is 1. The molecular weight excluding hydrogens is 350 g/mol. The van der Waals surface area contributed by atoms with Crippen LogP contribution in [0.1, 0.15) is 25.3 Å². The fourth-order valence-corrected chi connectivity index (χ4v) is 4.46. The summed E-state index contributed by atoms with van der Waals surface area (Å²) in [6.45, 7) is 5.40. The maximum Gasteiger partial charge on any atom is 0.189 e. The van der Waals surface area contributed by atoms with Crippen LogP contribution < -0.4 is 9.64 Å². The second kappa shape index (κ2) is 7.47. The Kier molecular flexibility index (Phi) is 5.23. The van der Waals surface area contributed by atoms with Gasteiger partial charge in [0.15, 0.2) is 5.41 Å². The highest BCUT2D eigenvalue weighted by molar-refractivity contribution is 6.00. The summed E-state index contributed by atoms with van der Waals surface area (Å²) in [6.07, 6.45) is 2.07. The van der Waals surface area contributed by atoms with Crippen molar-refractivity contribution in [3.63, 3.8) is 0 Å². The van der Waals surface area contributed by atoms with E-state index >= 15 is 0 Å². The molecule has 1 saturated carbocycles. The maximum atomic E-state index is 10.0. The molecule has 1 aromatic carbocycles. The van der Waals surface area contributed by atoms with Crippen LogP contribution in [-0.4, -0.2) is 32.0 Å². The van der Waals surface area contributed by atoms with Crippen molar-refractivity contribution in [3.05, 3.63) is 41.5 Å². The van der Waals surface area contributed by atoms with Crippen molar-refractivity contribution in [1.82, 2.24) is 0 Å². The molecule has 28 heavy (non-hydrogen) atoms. The lowest BCUT2D eigenvalue weighted by molar-refractivity contribution is -0.878. The fraction of sp³-hybridized carbons (Fsp3) is 0.455. The second-order valence-corrected chi connectivity index (χ2v) is 7.90. The Hall–Kier alpha value is -3.14. The summed E-state index contributed by atoms with van der Waals surface area (Å²) in [6, 6.07) is 13.9. The number of rotatable bonds is 3. The number of nitrogens with one attached hydrogen (secondary N) is 2. The zero-order valence-corrected chi connectivity index (χ0v) is 16.4. The van der Waals surface area contributed by atoms with Gasteiger partial charge in [-0.25, -0.2) is 0 Å². The molecule has 6 heteroatoms. The van der Waals surface area contributed by atoms with E-state index in [1.165, 1.54) is 4.90 Å². The summed E-state index contributed by atoms with van der Waals surface area (Å²) >= 11 is 0. The second-order valence-electron chi connectivity index (χ2n) is 7.90.